The van der Waals surface area contributed by atoms with Crippen LogP contribution in [0.3, 0.4) is 0 Å². The van der Waals surface area contributed by atoms with Crippen molar-refractivity contribution in [2.24, 2.45) is 5.73 Å². The minimum absolute atomic E-state index is 0.0371. The summed E-state index contributed by atoms with van der Waals surface area (Å²) in [6.07, 6.45) is 2.66. The second-order valence-electron chi connectivity index (χ2n) is 7.28. The summed E-state index contributed by atoms with van der Waals surface area (Å²) in [4.78, 5) is 14.2. The molecule has 1 aromatic carbocycles. The van der Waals surface area contributed by atoms with Crippen molar-refractivity contribution in [1.29, 1.82) is 0 Å². The van der Waals surface area contributed by atoms with Gasteiger partial charge in [-0.25, -0.2) is 0 Å². The quantitative estimate of drug-likeness (QED) is 0.485. The van der Waals surface area contributed by atoms with Crippen LogP contribution in [0.2, 0.25) is 0 Å². The predicted molar refractivity (Wildman–Crippen MR) is 107 cm³/mol. The second kappa shape index (κ2) is 9.31. The van der Waals surface area contributed by atoms with Gasteiger partial charge in [0.15, 0.2) is 5.78 Å². The monoisotopic (exact) mass is 375 g/mol. The molecule has 3 N–H and O–H groups in total. The zero-order valence-corrected chi connectivity index (χ0v) is 16.7. The Labute approximate surface area is 160 Å². The molecule has 0 bridgehead atoms. The number of hydrogen-bond acceptors (Lipinski definition) is 5. The lowest BCUT2D eigenvalue weighted by Crippen LogP contribution is -2.40. The summed E-state index contributed by atoms with van der Waals surface area (Å²) < 4.78 is 5.76. The summed E-state index contributed by atoms with van der Waals surface area (Å²) in [5.74, 6) is 1.02. The van der Waals surface area contributed by atoms with Crippen molar-refractivity contribution >= 4 is 17.1 Å². The molecule has 0 amide bonds. The SMILES string of the molecule is Cc1cc(C)cc(OCCCC(=O)c2ccc(CCC(C)(N)CO)s2)c1. The molecule has 0 aliphatic carbocycles. The van der Waals surface area contributed by atoms with Gasteiger partial charge >= 0.3 is 0 Å². The van der Waals surface area contributed by atoms with Gasteiger partial charge in [-0.3, -0.25) is 4.79 Å². The molecule has 2 rings (SSSR count). The molecule has 0 saturated heterocycles. The lowest BCUT2D eigenvalue weighted by molar-refractivity contribution is 0.0977. The van der Waals surface area contributed by atoms with Crippen LogP contribution in [0.5, 0.6) is 5.75 Å². The van der Waals surface area contributed by atoms with Crippen molar-refractivity contribution in [2.45, 2.75) is 52.0 Å². The van der Waals surface area contributed by atoms with Gasteiger partial charge in [0.25, 0.3) is 0 Å². The van der Waals surface area contributed by atoms with Gasteiger partial charge < -0.3 is 15.6 Å². The normalized spacial score (nSPS) is 13.4. The third-order valence-corrected chi connectivity index (χ3v) is 5.44. The molecule has 1 heterocycles. The molecule has 1 aromatic heterocycles. The maximum absolute atomic E-state index is 12.3. The van der Waals surface area contributed by atoms with Gasteiger partial charge in [0.05, 0.1) is 18.1 Å². The van der Waals surface area contributed by atoms with E-state index in [2.05, 4.69) is 6.07 Å². The molecule has 0 aliphatic rings. The van der Waals surface area contributed by atoms with E-state index in [-0.39, 0.29) is 12.4 Å². The zero-order valence-electron chi connectivity index (χ0n) is 15.9. The molecular formula is C21H29NO3S. The Kier molecular flexibility index (Phi) is 7.38. The smallest absolute Gasteiger partial charge is 0.172 e. The average Bonchev–Trinajstić information content (AvgIpc) is 3.05. The summed E-state index contributed by atoms with van der Waals surface area (Å²) in [6, 6.07) is 10.0. The number of carbonyl (C=O) groups is 1. The number of hydrogen-bond donors (Lipinski definition) is 2. The van der Waals surface area contributed by atoms with Crippen LogP contribution in [0.15, 0.2) is 30.3 Å². The van der Waals surface area contributed by atoms with Gasteiger partial charge in [-0.05, 0) is 75.4 Å². The first-order valence-corrected chi connectivity index (χ1v) is 9.83. The summed E-state index contributed by atoms with van der Waals surface area (Å²) in [6.45, 7) is 6.43. The Morgan fingerprint density at radius 2 is 1.92 bits per heavy atom. The molecular weight excluding hydrogens is 346 g/mol. The van der Waals surface area contributed by atoms with Gasteiger partial charge in [0.2, 0.25) is 0 Å². The topological polar surface area (TPSA) is 72.5 Å². The molecule has 142 valence electrons. The maximum Gasteiger partial charge on any atom is 0.172 e. The average molecular weight is 376 g/mol. The number of thiophene rings is 1. The summed E-state index contributed by atoms with van der Waals surface area (Å²) in [7, 11) is 0. The predicted octanol–water partition coefficient (Wildman–Crippen LogP) is 4.05. The molecule has 4 nitrogen and oxygen atoms in total. The first kappa shape index (κ1) is 20.6. The van der Waals surface area contributed by atoms with E-state index in [4.69, 9.17) is 10.5 Å². The molecule has 5 heteroatoms. The fourth-order valence-electron chi connectivity index (χ4n) is 2.71. The highest BCUT2D eigenvalue weighted by Crippen LogP contribution is 2.22. The number of aliphatic hydroxyl groups is 1. The van der Waals surface area contributed by atoms with E-state index in [9.17, 15) is 9.90 Å². The van der Waals surface area contributed by atoms with Crippen LogP contribution in [0.1, 0.15) is 51.9 Å². The Balaban J connectivity index is 1.76. The van der Waals surface area contributed by atoms with Gasteiger partial charge in [-0.1, -0.05) is 6.07 Å². The Bertz CT molecular complexity index is 716. The zero-order chi connectivity index (χ0) is 19.2. The van der Waals surface area contributed by atoms with Gasteiger partial charge in [-0.2, -0.15) is 0 Å². The first-order valence-electron chi connectivity index (χ1n) is 9.02. The molecule has 2 aromatic rings. The number of ether oxygens (including phenoxy) is 1. The third-order valence-electron chi connectivity index (χ3n) is 4.25. The number of aryl methyl sites for hydroxylation is 3. The van der Waals surface area contributed by atoms with Crippen molar-refractivity contribution in [3.63, 3.8) is 0 Å². The summed E-state index contributed by atoms with van der Waals surface area (Å²) in [5, 5.41) is 9.21. The van der Waals surface area contributed by atoms with E-state index in [1.165, 1.54) is 22.5 Å². The Morgan fingerprint density at radius 3 is 2.58 bits per heavy atom. The number of rotatable bonds is 10. The highest BCUT2D eigenvalue weighted by Gasteiger charge is 2.17. The van der Waals surface area contributed by atoms with E-state index >= 15 is 0 Å². The van der Waals surface area contributed by atoms with Crippen LogP contribution in [-0.2, 0) is 6.42 Å². The van der Waals surface area contributed by atoms with Gasteiger partial charge in [-0.15, -0.1) is 11.3 Å². The van der Waals surface area contributed by atoms with Crippen LogP contribution >= 0.6 is 11.3 Å². The molecule has 26 heavy (non-hydrogen) atoms. The van der Waals surface area contributed by atoms with Crippen LogP contribution < -0.4 is 10.5 Å². The van der Waals surface area contributed by atoms with Gasteiger partial charge in [0, 0.05) is 16.8 Å². The fourth-order valence-corrected chi connectivity index (χ4v) is 3.69. The number of Topliss-reactive ketones (excluding diaryl/α,β-unsaturated/α-hetero) is 1. The third kappa shape index (κ3) is 6.56. The lowest BCUT2D eigenvalue weighted by atomic mass is 9.98. The van der Waals surface area contributed by atoms with E-state index < -0.39 is 5.54 Å². The van der Waals surface area contributed by atoms with Crippen molar-refractivity contribution < 1.29 is 14.6 Å². The van der Waals surface area contributed by atoms with Crippen LogP contribution in [0.25, 0.3) is 0 Å². The van der Waals surface area contributed by atoms with E-state index in [1.54, 1.807) is 0 Å². The summed E-state index contributed by atoms with van der Waals surface area (Å²) in [5.41, 5.74) is 7.74. The van der Waals surface area contributed by atoms with Crippen LogP contribution in [0, 0.1) is 13.8 Å². The highest BCUT2D eigenvalue weighted by molar-refractivity contribution is 7.14. The van der Waals surface area contributed by atoms with E-state index in [1.807, 2.05) is 45.0 Å². The first-order chi connectivity index (χ1) is 12.3. The Hall–Kier alpha value is -1.69. The largest absolute Gasteiger partial charge is 0.494 e. The number of benzene rings is 1. The maximum atomic E-state index is 12.3. The molecule has 0 radical (unpaired) electrons. The number of nitrogens with two attached hydrogens (primary N) is 1. The van der Waals surface area contributed by atoms with E-state index in [0.717, 1.165) is 21.9 Å². The van der Waals surface area contributed by atoms with Gasteiger partial charge in [0.1, 0.15) is 5.75 Å². The molecule has 1 unspecified atom stereocenters. The fraction of sp³-hybridized carbons (Fsp3) is 0.476. The second-order valence-corrected chi connectivity index (χ2v) is 8.45. The standard InChI is InChI=1S/C21H29NO3S/c1-15-11-16(2)13-17(12-15)25-10-4-5-19(24)20-7-6-18(26-20)8-9-21(3,22)14-23/h6-7,11-13,23H,4-5,8-10,14,22H2,1-3H3. The van der Waals surface area contributed by atoms with Crippen LogP contribution in [-0.4, -0.2) is 29.6 Å². The number of carbonyl (C=O) groups excluding carboxylic acids is 1. The van der Waals surface area contributed by atoms with Crippen molar-refractivity contribution in [1.82, 2.24) is 0 Å². The minimum Gasteiger partial charge on any atom is -0.494 e. The summed E-state index contributed by atoms with van der Waals surface area (Å²) >= 11 is 1.52. The minimum atomic E-state index is -0.570. The Morgan fingerprint density at radius 1 is 1.23 bits per heavy atom. The van der Waals surface area contributed by atoms with Crippen molar-refractivity contribution in [2.75, 3.05) is 13.2 Å². The molecule has 0 fully saturated rings. The van der Waals surface area contributed by atoms with Crippen molar-refractivity contribution in [3.05, 3.63) is 51.2 Å². The van der Waals surface area contributed by atoms with E-state index in [0.29, 0.717) is 25.9 Å². The number of aliphatic hydroxyl groups excluding tert-OH is 1. The highest BCUT2D eigenvalue weighted by atomic mass is 32.1. The molecule has 1 atom stereocenters. The molecule has 0 spiro atoms. The number of ketones is 1. The van der Waals surface area contributed by atoms with Crippen molar-refractivity contribution in [3.8, 4) is 5.75 Å². The van der Waals surface area contributed by atoms with Crippen LogP contribution in [0.4, 0.5) is 0 Å². The molecule has 0 aliphatic heterocycles. The lowest BCUT2D eigenvalue weighted by Gasteiger charge is -2.20. The molecule has 0 saturated carbocycles.